The Balaban J connectivity index is 1.91. The highest BCUT2D eigenvalue weighted by atomic mass is 16.5. The predicted octanol–water partition coefficient (Wildman–Crippen LogP) is 2.75. The van der Waals surface area contributed by atoms with Crippen LogP contribution in [0.1, 0.15) is 19.5 Å². The molecule has 0 aliphatic rings. The van der Waals surface area contributed by atoms with E-state index in [0.717, 1.165) is 30.9 Å². The maximum atomic E-state index is 5.47. The number of para-hydroxylation sites is 1. The van der Waals surface area contributed by atoms with Gasteiger partial charge >= 0.3 is 0 Å². The van der Waals surface area contributed by atoms with Gasteiger partial charge in [-0.2, -0.15) is 0 Å². The number of fused-ring (bicyclic) bond motifs is 1. The Morgan fingerprint density at radius 2 is 2.06 bits per heavy atom. The van der Waals surface area contributed by atoms with Crippen LogP contribution in [0.2, 0.25) is 0 Å². The van der Waals surface area contributed by atoms with Crippen LogP contribution in [0.15, 0.2) is 36.4 Å². The van der Waals surface area contributed by atoms with Crippen molar-refractivity contribution in [2.45, 2.75) is 26.5 Å². The van der Waals surface area contributed by atoms with Crippen LogP contribution in [-0.2, 0) is 11.3 Å². The molecule has 1 unspecified atom stereocenters. The first-order chi connectivity index (χ1) is 8.79. The van der Waals surface area contributed by atoms with Crippen molar-refractivity contribution in [1.82, 2.24) is 10.3 Å². The van der Waals surface area contributed by atoms with Gasteiger partial charge in [-0.3, -0.25) is 4.98 Å². The van der Waals surface area contributed by atoms with E-state index in [2.05, 4.69) is 35.4 Å². The van der Waals surface area contributed by atoms with Gasteiger partial charge in [0.05, 0.1) is 17.3 Å². The van der Waals surface area contributed by atoms with Crippen LogP contribution in [0.3, 0.4) is 0 Å². The molecule has 0 amide bonds. The lowest BCUT2D eigenvalue weighted by Crippen LogP contribution is -2.26. The van der Waals surface area contributed by atoms with Gasteiger partial charge in [-0.1, -0.05) is 24.3 Å². The smallest absolute Gasteiger partial charge is 0.0705 e. The second-order valence-electron chi connectivity index (χ2n) is 4.39. The lowest BCUT2D eigenvalue weighted by molar-refractivity contribution is 0.0759. The van der Waals surface area contributed by atoms with Gasteiger partial charge in [0, 0.05) is 25.1 Å². The van der Waals surface area contributed by atoms with Crippen LogP contribution in [0.4, 0.5) is 0 Å². The summed E-state index contributed by atoms with van der Waals surface area (Å²) < 4.78 is 5.47. The highest BCUT2D eigenvalue weighted by Gasteiger charge is 2.01. The number of nitrogens with one attached hydrogen (secondary N) is 1. The molecule has 0 radical (unpaired) electrons. The van der Waals surface area contributed by atoms with E-state index < -0.39 is 0 Å². The van der Waals surface area contributed by atoms with Gasteiger partial charge in [-0.15, -0.1) is 0 Å². The molecule has 0 saturated heterocycles. The maximum Gasteiger partial charge on any atom is 0.0705 e. The molecule has 2 rings (SSSR count). The Bertz CT molecular complexity index is 499. The van der Waals surface area contributed by atoms with Gasteiger partial charge in [0.25, 0.3) is 0 Å². The molecule has 1 aromatic carbocycles. The van der Waals surface area contributed by atoms with Gasteiger partial charge < -0.3 is 10.1 Å². The van der Waals surface area contributed by atoms with Crippen molar-refractivity contribution < 1.29 is 4.74 Å². The number of hydrogen-bond donors (Lipinski definition) is 1. The molecule has 0 bridgehead atoms. The van der Waals surface area contributed by atoms with E-state index in [4.69, 9.17) is 4.74 Å². The molecule has 1 aromatic heterocycles. The van der Waals surface area contributed by atoms with Crippen LogP contribution in [0.25, 0.3) is 10.9 Å². The third-order valence-electron chi connectivity index (χ3n) is 2.85. The first kappa shape index (κ1) is 13.0. The van der Waals surface area contributed by atoms with Crippen LogP contribution in [-0.4, -0.2) is 24.2 Å². The molecular formula is C15H20N2O. The van der Waals surface area contributed by atoms with Crippen molar-refractivity contribution in [3.05, 3.63) is 42.1 Å². The first-order valence-electron chi connectivity index (χ1n) is 6.46. The first-order valence-corrected chi connectivity index (χ1v) is 6.46. The molecule has 0 aliphatic carbocycles. The molecule has 0 saturated carbocycles. The summed E-state index contributed by atoms with van der Waals surface area (Å²) in [5, 5.41) is 4.55. The topological polar surface area (TPSA) is 34.1 Å². The zero-order chi connectivity index (χ0) is 12.8. The second-order valence-corrected chi connectivity index (χ2v) is 4.39. The highest BCUT2D eigenvalue weighted by Crippen LogP contribution is 2.11. The minimum absolute atomic E-state index is 0.246. The summed E-state index contributed by atoms with van der Waals surface area (Å²) in [6, 6.07) is 12.4. The fraction of sp³-hybridized carbons (Fsp3) is 0.400. The Hall–Kier alpha value is -1.45. The van der Waals surface area contributed by atoms with E-state index in [1.54, 1.807) is 0 Å². The van der Waals surface area contributed by atoms with Crippen molar-refractivity contribution in [2.75, 3.05) is 13.2 Å². The SMILES string of the molecule is CCOC(C)CNCc1ccc2ccccc2n1. The van der Waals surface area contributed by atoms with E-state index in [0.29, 0.717) is 0 Å². The average Bonchev–Trinajstić information content (AvgIpc) is 2.39. The largest absolute Gasteiger partial charge is 0.377 e. The number of rotatable bonds is 6. The van der Waals surface area contributed by atoms with Crippen LogP contribution in [0.5, 0.6) is 0 Å². The molecule has 1 N–H and O–H groups in total. The summed E-state index contributed by atoms with van der Waals surface area (Å²) in [5.41, 5.74) is 2.12. The van der Waals surface area contributed by atoms with E-state index in [9.17, 15) is 0 Å². The lowest BCUT2D eigenvalue weighted by Gasteiger charge is -2.12. The summed E-state index contributed by atoms with van der Waals surface area (Å²) in [6.45, 7) is 6.48. The molecule has 0 spiro atoms. The van der Waals surface area contributed by atoms with Crippen LogP contribution >= 0.6 is 0 Å². The van der Waals surface area contributed by atoms with Crippen LogP contribution in [0, 0.1) is 0 Å². The number of aromatic nitrogens is 1. The zero-order valence-electron chi connectivity index (χ0n) is 11.0. The van der Waals surface area contributed by atoms with Crippen molar-refractivity contribution in [2.24, 2.45) is 0 Å². The Morgan fingerprint density at radius 3 is 2.89 bits per heavy atom. The number of hydrogen-bond acceptors (Lipinski definition) is 3. The van der Waals surface area contributed by atoms with E-state index >= 15 is 0 Å². The predicted molar refractivity (Wildman–Crippen MR) is 74.5 cm³/mol. The van der Waals surface area contributed by atoms with Gasteiger partial charge in [-0.25, -0.2) is 0 Å². The molecule has 3 nitrogen and oxygen atoms in total. The van der Waals surface area contributed by atoms with Crippen molar-refractivity contribution in [1.29, 1.82) is 0 Å². The summed E-state index contributed by atoms with van der Waals surface area (Å²) in [7, 11) is 0. The number of nitrogens with zero attached hydrogens (tertiary/aromatic N) is 1. The van der Waals surface area contributed by atoms with Gasteiger partial charge in [0.15, 0.2) is 0 Å². The van der Waals surface area contributed by atoms with Crippen molar-refractivity contribution in [3.8, 4) is 0 Å². The standard InChI is InChI=1S/C15H20N2O/c1-3-18-12(2)10-16-11-14-9-8-13-6-4-5-7-15(13)17-14/h4-9,12,16H,3,10-11H2,1-2H3. The summed E-state index contributed by atoms with van der Waals surface area (Å²) in [5.74, 6) is 0. The molecule has 96 valence electrons. The number of benzene rings is 1. The molecule has 3 heteroatoms. The Morgan fingerprint density at radius 1 is 1.22 bits per heavy atom. The monoisotopic (exact) mass is 244 g/mol. The fourth-order valence-electron chi connectivity index (χ4n) is 1.95. The minimum atomic E-state index is 0.246. The van der Waals surface area contributed by atoms with Gasteiger partial charge in [0.2, 0.25) is 0 Å². The number of pyridine rings is 1. The average molecular weight is 244 g/mol. The molecular weight excluding hydrogens is 224 g/mol. The van der Waals surface area contributed by atoms with Gasteiger partial charge in [0.1, 0.15) is 0 Å². The van der Waals surface area contributed by atoms with E-state index in [-0.39, 0.29) is 6.10 Å². The van der Waals surface area contributed by atoms with E-state index in [1.165, 1.54) is 5.39 Å². The normalized spacial score (nSPS) is 12.8. The minimum Gasteiger partial charge on any atom is -0.377 e. The highest BCUT2D eigenvalue weighted by molar-refractivity contribution is 5.78. The van der Waals surface area contributed by atoms with Crippen LogP contribution < -0.4 is 5.32 Å². The zero-order valence-corrected chi connectivity index (χ0v) is 11.0. The molecule has 18 heavy (non-hydrogen) atoms. The molecule has 0 fully saturated rings. The third kappa shape index (κ3) is 3.52. The van der Waals surface area contributed by atoms with Crippen molar-refractivity contribution in [3.63, 3.8) is 0 Å². The Kier molecular flexibility index (Phi) is 4.67. The lowest BCUT2D eigenvalue weighted by atomic mass is 10.2. The summed E-state index contributed by atoms with van der Waals surface area (Å²) >= 11 is 0. The fourth-order valence-corrected chi connectivity index (χ4v) is 1.95. The maximum absolute atomic E-state index is 5.47. The molecule has 1 heterocycles. The number of ether oxygens (including phenoxy) is 1. The summed E-state index contributed by atoms with van der Waals surface area (Å²) in [6.07, 6.45) is 0.246. The van der Waals surface area contributed by atoms with Crippen molar-refractivity contribution >= 4 is 10.9 Å². The molecule has 2 aromatic rings. The van der Waals surface area contributed by atoms with Gasteiger partial charge in [-0.05, 0) is 26.0 Å². The molecule has 0 aliphatic heterocycles. The quantitative estimate of drug-likeness (QED) is 0.848. The summed E-state index contributed by atoms with van der Waals surface area (Å²) in [4.78, 5) is 4.61. The second kappa shape index (κ2) is 6.47. The Labute approximate surface area is 108 Å². The third-order valence-corrected chi connectivity index (χ3v) is 2.85. The van der Waals surface area contributed by atoms with E-state index in [1.807, 2.05) is 25.1 Å². The molecule has 1 atom stereocenters.